The monoisotopic (exact) mass is 203 g/mol. The van der Waals surface area contributed by atoms with Gasteiger partial charge in [-0.25, -0.2) is 9.79 Å². The highest BCUT2D eigenvalue weighted by Gasteiger charge is 2.12. The van der Waals surface area contributed by atoms with E-state index in [9.17, 15) is 4.79 Å². The highest BCUT2D eigenvalue weighted by Crippen LogP contribution is 1.99. The van der Waals surface area contributed by atoms with E-state index >= 15 is 0 Å². The second kappa shape index (κ2) is 6.31. The van der Waals surface area contributed by atoms with Crippen LogP contribution in [0.4, 0.5) is 0 Å². The summed E-state index contributed by atoms with van der Waals surface area (Å²) in [5.74, 6) is 0. The summed E-state index contributed by atoms with van der Waals surface area (Å²) in [4.78, 5) is 13.2. The van der Waals surface area contributed by atoms with Crippen LogP contribution < -0.4 is 0 Å². The van der Waals surface area contributed by atoms with Crippen LogP contribution in [0.3, 0.4) is 0 Å². The molecule has 0 rings (SSSR count). The molecule has 3 nitrogen and oxygen atoms in total. The first-order chi connectivity index (χ1) is 5.56. The Labute approximate surface area is 77.6 Å². The molecule has 0 saturated carbocycles. The average Bonchev–Trinajstić information content (AvgIpc) is 1.94. The van der Waals surface area contributed by atoms with E-state index in [1.807, 2.05) is 0 Å². The molecule has 0 atom stereocenters. The molecule has 0 aliphatic rings. The zero-order valence-corrected chi connectivity index (χ0v) is 11.1. The third-order valence-electron chi connectivity index (χ3n) is 1.26. The molecular formula is C7H17NO2Si2. The van der Waals surface area contributed by atoms with E-state index in [0.29, 0.717) is 6.54 Å². The van der Waals surface area contributed by atoms with Gasteiger partial charge in [-0.1, -0.05) is 0 Å². The second-order valence-electron chi connectivity index (χ2n) is 3.64. The molecule has 0 bridgehead atoms. The topological polar surface area (TPSA) is 38.7 Å². The molecule has 0 amide bonds. The minimum atomic E-state index is -1.19. The maximum absolute atomic E-state index is 9.69. The van der Waals surface area contributed by atoms with Crippen molar-refractivity contribution in [3.63, 3.8) is 0 Å². The third-order valence-corrected chi connectivity index (χ3v) is 3.20. The van der Waals surface area contributed by atoms with Crippen LogP contribution in [0.15, 0.2) is 4.99 Å². The Kier molecular flexibility index (Phi) is 6.19. The van der Waals surface area contributed by atoms with Crippen molar-refractivity contribution in [1.82, 2.24) is 0 Å². The summed E-state index contributed by atoms with van der Waals surface area (Å²) < 4.78 is 5.67. The zero-order chi connectivity index (χ0) is 9.45. The lowest BCUT2D eigenvalue weighted by atomic mass is 10.3. The molecule has 70 valence electrons. The molecule has 0 radical (unpaired) electrons. The molecule has 0 aliphatic carbocycles. The van der Waals surface area contributed by atoms with Gasteiger partial charge in [0.05, 0.1) is 6.54 Å². The Bertz CT molecular complexity index is 161. The lowest BCUT2D eigenvalue weighted by molar-refractivity contribution is 0.310. The van der Waals surface area contributed by atoms with E-state index in [-0.39, 0.29) is 0 Å². The van der Waals surface area contributed by atoms with Gasteiger partial charge < -0.3 is 4.43 Å². The molecule has 0 aliphatic heterocycles. The van der Waals surface area contributed by atoms with Crippen LogP contribution in [0.5, 0.6) is 0 Å². The van der Waals surface area contributed by atoms with E-state index in [0.717, 1.165) is 19.4 Å². The summed E-state index contributed by atoms with van der Waals surface area (Å²) in [5, 5.41) is 0. The van der Waals surface area contributed by atoms with Gasteiger partial charge >= 0.3 is 0 Å². The molecule has 12 heavy (non-hydrogen) atoms. The number of unbranched alkanes of at least 4 members (excludes halogenated alkanes) is 1. The Hall–Kier alpha value is -0.226. The highest BCUT2D eigenvalue weighted by atomic mass is 29.2. The van der Waals surface area contributed by atoms with Crippen molar-refractivity contribution in [2.75, 3.05) is 13.2 Å². The first-order valence-electron chi connectivity index (χ1n) is 4.24. The van der Waals surface area contributed by atoms with Gasteiger partial charge in [-0.3, -0.25) is 0 Å². The summed E-state index contributed by atoms with van der Waals surface area (Å²) in [5.41, 5.74) is 0. The summed E-state index contributed by atoms with van der Waals surface area (Å²) in [6.07, 6.45) is 3.46. The molecule has 0 spiro atoms. The summed E-state index contributed by atoms with van der Waals surface area (Å²) >= 11 is 0. The SMILES string of the molecule is C[Si](C)([SiH3])OCCCCN=C=O. The predicted molar refractivity (Wildman–Crippen MR) is 55.6 cm³/mol. The first kappa shape index (κ1) is 11.8. The van der Waals surface area contributed by atoms with Crippen LogP contribution in [-0.2, 0) is 9.22 Å². The second-order valence-corrected chi connectivity index (χ2v) is 15.4. The van der Waals surface area contributed by atoms with Gasteiger partial charge in [-0.2, -0.15) is 0 Å². The van der Waals surface area contributed by atoms with E-state index in [1.165, 1.54) is 15.8 Å². The van der Waals surface area contributed by atoms with Crippen molar-refractivity contribution >= 4 is 23.7 Å². The van der Waals surface area contributed by atoms with E-state index in [1.54, 1.807) is 0 Å². The number of carbonyl (C=O) groups excluding carboxylic acids is 1. The lowest BCUT2D eigenvalue weighted by Gasteiger charge is -2.16. The van der Waals surface area contributed by atoms with Gasteiger partial charge in [0.1, 0.15) is 0 Å². The van der Waals surface area contributed by atoms with Crippen LogP contribution in [-0.4, -0.2) is 36.8 Å². The summed E-state index contributed by atoms with van der Waals surface area (Å²) in [6, 6.07) is 0. The van der Waals surface area contributed by atoms with Crippen molar-refractivity contribution in [3.8, 4) is 0 Å². The number of nitrogens with zero attached hydrogens (tertiary/aromatic N) is 1. The van der Waals surface area contributed by atoms with Gasteiger partial charge in [0.15, 0.2) is 7.83 Å². The number of aliphatic imine (C=N–C) groups is 1. The number of hydrogen-bond donors (Lipinski definition) is 0. The van der Waals surface area contributed by atoms with Gasteiger partial charge in [0.2, 0.25) is 6.08 Å². The molecule has 0 fully saturated rings. The minimum Gasteiger partial charge on any atom is -0.421 e. The Morgan fingerprint density at radius 1 is 1.50 bits per heavy atom. The average molecular weight is 203 g/mol. The van der Waals surface area contributed by atoms with Crippen molar-refractivity contribution in [3.05, 3.63) is 0 Å². The van der Waals surface area contributed by atoms with Crippen molar-refractivity contribution in [2.24, 2.45) is 4.99 Å². The van der Waals surface area contributed by atoms with Gasteiger partial charge in [0, 0.05) is 16.4 Å². The predicted octanol–water partition coefficient (Wildman–Crippen LogP) is 0.186. The molecule has 0 aromatic rings. The zero-order valence-electron chi connectivity index (χ0n) is 8.09. The molecule has 0 unspecified atom stereocenters. The molecule has 0 heterocycles. The summed E-state index contributed by atoms with van der Waals surface area (Å²) in [7, 11) is -0.0160. The van der Waals surface area contributed by atoms with E-state index in [2.05, 4.69) is 18.1 Å². The summed E-state index contributed by atoms with van der Waals surface area (Å²) in [6.45, 7) is 5.87. The van der Waals surface area contributed by atoms with Gasteiger partial charge in [0.25, 0.3) is 0 Å². The van der Waals surface area contributed by atoms with Crippen LogP contribution >= 0.6 is 0 Å². The number of rotatable bonds is 6. The normalized spacial score (nSPS) is 11.2. The van der Waals surface area contributed by atoms with E-state index in [4.69, 9.17) is 4.43 Å². The molecule has 0 aromatic heterocycles. The van der Waals surface area contributed by atoms with Gasteiger partial charge in [-0.15, -0.1) is 0 Å². The maximum Gasteiger partial charge on any atom is 0.234 e. The standard InChI is InChI=1S/C7H17NO2Si2/c1-12(2,11)10-6-4-3-5-8-7-9/h3-6H2,1-2,11H3. The molecule has 0 saturated heterocycles. The fraction of sp³-hybridized carbons (Fsp3) is 0.857. The number of hydrogen-bond acceptors (Lipinski definition) is 3. The molecular weight excluding hydrogens is 186 g/mol. The van der Waals surface area contributed by atoms with Crippen LogP contribution in [0, 0.1) is 0 Å². The largest absolute Gasteiger partial charge is 0.421 e. The number of isocyanates is 1. The quantitative estimate of drug-likeness (QED) is 0.267. The van der Waals surface area contributed by atoms with Crippen molar-refractivity contribution in [2.45, 2.75) is 25.9 Å². The highest BCUT2D eigenvalue weighted by molar-refractivity contribution is 7.12. The Morgan fingerprint density at radius 3 is 2.67 bits per heavy atom. The van der Waals surface area contributed by atoms with Crippen molar-refractivity contribution < 1.29 is 9.22 Å². The maximum atomic E-state index is 9.69. The fourth-order valence-electron chi connectivity index (χ4n) is 0.717. The molecule has 0 N–H and O–H groups in total. The Balaban J connectivity index is 3.16. The van der Waals surface area contributed by atoms with Crippen LogP contribution in [0.1, 0.15) is 12.8 Å². The minimum absolute atomic E-state index is 0.593. The van der Waals surface area contributed by atoms with Crippen LogP contribution in [0.25, 0.3) is 0 Å². The van der Waals surface area contributed by atoms with Crippen LogP contribution in [0.2, 0.25) is 13.1 Å². The molecule has 0 aromatic carbocycles. The Morgan fingerprint density at radius 2 is 2.17 bits per heavy atom. The van der Waals surface area contributed by atoms with Crippen molar-refractivity contribution in [1.29, 1.82) is 0 Å². The first-order valence-corrected chi connectivity index (χ1v) is 10.6. The smallest absolute Gasteiger partial charge is 0.234 e. The third kappa shape index (κ3) is 9.77. The van der Waals surface area contributed by atoms with E-state index < -0.39 is 7.83 Å². The fourth-order valence-corrected chi connectivity index (χ4v) is 2.09. The lowest BCUT2D eigenvalue weighted by Crippen LogP contribution is -2.31. The van der Waals surface area contributed by atoms with Gasteiger partial charge in [-0.05, 0) is 25.9 Å². The molecule has 5 heteroatoms.